The number of rotatable bonds is 0. The van der Waals surface area contributed by atoms with Crippen LogP contribution in [0.15, 0.2) is 23.6 Å². The van der Waals surface area contributed by atoms with Crippen LogP contribution in [-0.2, 0) is 0 Å². The second-order valence-corrected chi connectivity index (χ2v) is 3.18. The van der Waals surface area contributed by atoms with Gasteiger partial charge >= 0.3 is 6.18 Å². The van der Waals surface area contributed by atoms with Crippen LogP contribution in [-0.4, -0.2) is 11.3 Å². The Hall–Kier alpha value is -0.580. The summed E-state index contributed by atoms with van der Waals surface area (Å²) >= 11 is 4.87. The van der Waals surface area contributed by atoms with E-state index in [4.69, 9.17) is 11.6 Å². The highest BCUT2D eigenvalue weighted by Gasteiger charge is 2.44. The third-order valence-corrected chi connectivity index (χ3v) is 1.87. The Morgan fingerprint density at radius 3 is 2.23 bits per heavy atom. The maximum absolute atomic E-state index is 12.8. The summed E-state index contributed by atoms with van der Waals surface area (Å²) in [5, 5.41) is -3.06. The summed E-state index contributed by atoms with van der Waals surface area (Å²) in [7, 11) is 0. The van der Waals surface area contributed by atoms with Gasteiger partial charge in [-0.25, -0.2) is 8.78 Å². The van der Waals surface area contributed by atoms with E-state index >= 15 is 0 Å². The lowest BCUT2D eigenvalue weighted by molar-refractivity contribution is -0.0965. The molecule has 0 bridgehead atoms. The molecule has 0 aromatic heterocycles. The van der Waals surface area contributed by atoms with Crippen molar-refractivity contribution < 1.29 is 22.0 Å². The molecule has 0 saturated heterocycles. The van der Waals surface area contributed by atoms with E-state index in [1.165, 1.54) is 0 Å². The van der Waals surface area contributed by atoms with Crippen molar-refractivity contribution in [3.8, 4) is 0 Å². The Balaban J connectivity index is 2.97. The van der Waals surface area contributed by atoms with Gasteiger partial charge in [-0.3, -0.25) is 0 Å². The minimum Gasteiger partial charge on any atom is -0.218 e. The summed E-state index contributed by atoms with van der Waals surface area (Å²) in [6, 6.07) is 0. The molecule has 0 fully saturated rings. The van der Waals surface area contributed by atoms with Gasteiger partial charge in [-0.2, -0.15) is 13.2 Å². The molecule has 0 amide bonds. The lowest BCUT2D eigenvalue weighted by atomic mass is 10.0. The van der Waals surface area contributed by atoms with E-state index in [0.29, 0.717) is 12.2 Å². The van der Waals surface area contributed by atoms with Crippen molar-refractivity contribution in [1.82, 2.24) is 0 Å². The average molecular weight is 219 g/mol. The molecule has 1 rings (SSSR count). The molecule has 0 heterocycles. The fraction of sp³-hybridized carbons (Fsp3) is 0.429. The van der Waals surface area contributed by atoms with Crippen molar-refractivity contribution >= 4 is 11.6 Å². The standard InChI is InChI=1S/C7H4ClF5/c8-6(10)3-4(7(11,12)13)1-2-5(6)9/h1-2H,3H2. The molecule has 1 aliphatic carbocycles. The van der Waals surface area contributed by atoms with Crippen LogP contribution in [0.2, 0.25) is 0 Å². The van der Waals surface area contributed by atoms with E-state index in [1.807, 2.05) is 0 Å². The van der Waals surface area contributed by atoms with Gasteiger partial charge in [0.25, 0.3) is 0 Å². The van der Waals surface area contributed by atoms with Crippen molar-refractivity contribution in [3.63, 3.8) is 0 Å². The van der Waals surface area contributed by atoms with Gasteiger partial charge in [0.2, 0.25) is 5.13 Å². The first-order chi connectivity index (χ1) is 5.73. The van der Waals surface area contributed by atoms with Crippen LogP contribution in [0.5, 0.6) is 0 Å². The Labute approximate surface area is 75.7 Å². The molecule has 1 unspecified atom stereocenters. The highest BCUT2D eigenvalue weighted by atomic mass is 35.5. The first kappa shape index (κ1) is 10.5. The Morgan fingerprint density at radius 2 is 1.85 bits per heavy atom. The summed E-state index contributed by atoms with van der Waals surface area (Å²) in [6.45, 7) is 0. The smallest absolute Gasteiger partial charge is 0.218 e. The van der Waals surface area contributed by atoms with Gasteiger partial charge in [0.1, 0.15) is 0 Å². The molecule has 1 atom stereocenters. The Bertz CT molecular complexity index is 273. The molecule has 0 aromatic rings. The van der Waals surface area contributed by atoms with Gasteiger partial charge in [-0.15, -0.1) is 0 Å². The van der Waals surface area contributed by atoms with E-state index in [9.17, 15) is 22.0 Å². The zero-order valence-corrected chi connectivity index (χ0v) is 6.89. The van der Waals surface area contributed by atoms with E-state index in [2.05, 4.69) is 0 Å². The largest absolute Gasteiger partial charge is 0.412 e. The lowest BCUT2D eigenvalue weighted by Crippen LogP contribution is -2.25. The molecule has 0 spiro atoms. The summed E-state index contributed by atoms with van der Waals surface area (Å²) in [5.74, 6) is -1.40. The monoisotopic (exact) mass is 218 g/mol. The predicted octanol–water partition coefficient (Wildman–Crippen LogP) is 3.64. The third-order valence-electron chi connectivity index (χ3n) is 1.56. The number of allylic oxidation sites excluding steroid dienone is 4. The van der Waals surface area contributed by atoms with Crippen molar-refractivity contribution in [2.75, 3.05) is 0 Å². The minimum atomic E-state index is -4.66. The Kier molecular flexibility index (Phi) is 2.40. The molecule has 13 heavy (non-hydrogen) atoms. The molecule has 0 N–H and O–H groups in total. The number of hydrogen-bond donors (Lipinski definition) is 0. The van der Waals surface area contributed by atoms with Gasteiger partial charge in [0, 0.05) is 12.0 Å². The normalized spacial score (nSPS) is 29.7. The van der Waals surface area contributed by atoms with E-state index in [1.54, 1.807) is 0 Å². The van der Waals surface area contributed by atoms with E-state index < -0.39 is 29.1 Å². The fourth-order valence-corrected chi connectivity index (χ4v) is 1.08. The molecular formula is C7H4ClF5. The molecule has 74 valence electrons. The van der Waals surface area contributed by atoms with Crippen molar-refractivity contribution in [1.29, 1.82) is 0 Å². The zero-order chi connectivity index (χ0) is 10.3. The van der Waals surface area contributed by atoms with Crippen LogP contribution in [0.25, 0.3) is 0 Å². The first-order valence-corrected chi connectivity index (χ1v) is 3.63. The maximum Gasteiger partial charge on any atom is 0.412 e. The van der Waals surface area contributed by atoms with Crippen molar-refractivity contribution in [3.05, 3.63) is 23.6 Å². The van der Waals surface area contributed by atoms with Crippen molar-refractivity contribution in [2.24, 2.45) is 0 Å². The van der Waals surface area contributed by atoms with Crippen molar-refractivity contribution in [2.45, 2.75) is 17.7 Å². The molecule has 0 saturated carbocycles. The average Bonchev–Trinajstić information content (AvgIpc) is 1.92. The highest BCUT2D eigenvalue weighted by Crippen LogP contribution is 2.42. The van der Waals surface area contributed by atoms with E-state index in [0.717, 1.165) is 0 Å². The SMILES string of the molecule is FC1=CC=C(C(F)(F)F)CC1(F)Cl. The quantitative estimate of drug-likeness (QED) is 0.430. The zero-order valence-electron chi connectivity index (χ0n) is 6.13. The number of alkyl halides is 5. The molecular weight excluding hydrogens is 215 g/mol. The van der Waals surface area contributed by atoms with Crippen LogP contribution in [0.1, 0.15) is 6.42 Å². The number of hydrogen-bond acceptors (Lipinski definition) is 0. The van der Waals surface area contributed by atoms with Crippen LogP contribution < -0.4 is 0 Å². The predicted molar refractivity (Wildman–Crippen MR) is 37.6 cm³/mol. The van der Waals surface area contributed by atoms with E-state index in [-0.39, 0.29) is 0 Å². The van der Waals surface area contributed by atoms with Crippen LogP contribution in [0.4, 0.5) is 22.0 Å². The molecule has 0 radical (unpaired) electrons. The van der Waals surface area contributed by atoms with Crippen LogP contribution in [0.3, 0.4) is 0 Å². The summed E-state index contributed by atoms with van der Waals surface area (Å²) in [6.07, 6.45) is -4.99. The fourth-order valence-electron chi connectivity index (χ4n) is 0.873. The first-order valence-electron chi connectivity index (χ1n) is 3.25. The van der Waals surface area contributed by atoms with Crippen LogP contribution in [0, 0.1) is 0 Å². The lowest BCUT2D eigenvalue weighted by Gasteiger charge is -2.22. The molecule has 6 heteroatoms. The topological polar surface area (TPSA) is 0 Å². The van der Waals surface area contributed by atoms with Crippen LogP contribution >= 0.6 is 11.6 Å². The summed E-state index contributed by atoms with van der Waals surface area (Å²) in [4.78, 5) is 0. The molecule has 1 aliphatic rings. The molecule has 0 nitrogen and oxygen atoms in total. The maximum atomic E-state index is 12.8. The molecule has 0 aromatic carbocycles. The van der Waals surface area contributed by atoms with Gasteiger partial charge in [0.15, 0.2) is 5.83 Å². The minimum absolute atomic E-state index is 0.388. The summed E-state index contributed by atoms with van der Waals surface area (Å²) < 4.78 is 61.2. The van der Waals surface area contributed by atoms with Gasteiger partial charge in [-0.05, 0) is 6.08 Å². The second-order valence-electron chi connectivity index (χ2n) is 2.59. The number of halogens is 6. The Morgan fingerprint density at radius 1 is 1.31 bits per heavy atom. The van der Waals surface area contributed by atoms with Gasteiger partial charge < -0.3 is 0 Å². The third kappa shape index (κ3) is 2.21. The highest BCUT2D eigenvalue weighted by molar-refractivity contribution is 6.24. The summed E-state index contributed by atoms with van der Waals surface area (Å²) in [5.41, 5.74) is -1.17. The molecule has 0 aliphatic heterocycles. The van der Waals surface area contributed by atoms with Gasteiger partial charge in [-0.1, -0.05) is 17.7 Å². The second kappa shape index (κ2) is 2.97. The van der Waals surface area contributed by atoms with Gasteiger partial charge in [0.05, 0.1) is 0 Å².